The number of hydrogen-bond donors (Lipinski definition) is 0. The molecule has 2 fully saturated rings. The summed E-state index contributed by atoms with van der Waals surface area (Å²) < 4.78 is 15.7. The van der Waals surface area contributed by atoms with Crippen molar-refractivity contribution in [3.05, 3.63) is 10.4 Å². The quantitative estimate of drug-likeness (QED) is 0.292. The van der Waals surface area contributed by atoms with Crippen molar-refractivity contribution in [1.82, 2.24) is 0 Å². The van der Waals surface area contributed by atoms with Gasteiger partial charge in [-0.15, -0.1) is 0 Å². The van der Waals surface area contributed by atoms with Crippen molar-refractivity contribution in [2.24, 2.45) is 5.11 Å². The summed E-state index contributed by atoms with van der Waals surface area (Å²) >= 11 is 0. The van der Waals surface area contributed by atoms with E-state index in [1.54, 1.807) is 0 Å². The smallest absolute Gasteiger partial charge is 0.302 e. The van der Waals surface area contributed by atoms with E-state index in [4.69, 9.17) is 19.7 Å². The molecule has 0 aromatic rings. The van der Waals surface area contributed by atoms with Crippen LogP contribution in [0.1, 0.15) is 13.3 Å². The van der Waals surface area contributed by atoms with Crippen LogP contribution in [0.4, 0.5) is 0 Å². The number of fused-ring (bicyclic) bond motifs is 2. The third-order valence-corrected chi connectivity index (χ3v) is 2.43. The molecule has 0 N–H and O–H groups in total. The number of rotatable bonds is 2. The van der Waals surface area contributed by atoms with Crippen LogP contribution in [0.5, 0.6) is 0 Å². The van der Waals surface area contributed by atoms with Crippen molar-refractivity contribution in [1.29, 1.82) is 0 Å². The largest absolute Gasteiger partial charge is 0.462 e. The van der Waals surface area contributed by atoms with Gasteiger partial charge in [-0.05, 0) is 5.53 Å². The fourth-order valence-corrected chi connectivity index (χ4v) is 1.87. The highest BCUT2D eigenvalue weighted by molar-refractivity contribution is 5.66. The number of carbonyl (C=O) groups is 1. The van der Waals surface area contributed by atoms with E-state index in [0.717, 1.165) is 0 Å². The van der Waals surface area contributed by atoms with Gasteiger partial charge in [0.2, 0.25) is 0 Å². The van der Waals surface area contributed by atoms with E-state index in [9.17, 15) is 4.79 Å². The number of nitrogens with zero attached hydrogens (tertiary/aromatic N) is 3. The Balaban J connectivity index is 2.12. The lowest BCUT2D eigenvalue weighted by atomic mass is 10.0. The first-order valence-electron chi connectivity index (χ1n) is 4.69. The van der Waals surface area contributed by atoms with E-state index in [0.29, 0.717) is 13.0 Å². The number of azide groups is 1. The van der Waals surface area contributed by atoms with Gasteiger partial charge in [0.1, 0.15) is 12.1 Å². The lowest BCUT2D eigenvalue weighted by Gasteiger charge is -2.31. The lowest BCUT2D eigenvalue weighted by molar-refractivity contribution is -0.167. The second-order valence-electron chi connectivity index (χ2n) is 3.54. The Morgan fingerprint density at radius 3 is 3.13 bits per heavy atom. The summed E-state index contributed by atoms with van der Waals surface area (Å²) in [4.78, 5) is 13.6. The van der Waals surface area contributed by atoms with Gasteiger partial charge in [0, 0.05) is 18.3 Å². The number of carbonyl (C=O) groups excluding carboxylic acids is 1. The number of ether oxygens (including phenoxy) is 3. The molecule has 2 rings (SSSR count). The molecule has 82 valence electrons. The highest BCUT2D eigenvalue weighted by Crippen LogP contribution is 2.31. The van der Waals surface area contributed by atoms with Crippen LogP contribution in [0.2, 0.25) is 0 Å². The van der Waals surface area contributed by atoms with Crippen molar-refractivity contribution in [2.45, 2.75) is 37.9 Å². The molecule has 0 radical (unpaired) electrons. The average Bonchev–Trinajstić information content (AvgIpc) is 2.55. The fraction of sp³-hybridized carbons (Fsp3) is 0.875. The molecule has 2 aliphatic rings. The van der Waals surface area contributed by atoms with Crippen LogP contribution in [-0.2, 0) is 19.0 Å². The predicted octanol–water partition coefficient (Wildman–Crippen LogP) is 0.742. The molecule has 2 aliphatic heterocycles. The minimum absolute atomic E-state index is 0.0653. The highest BCUT2D eigenvalue weighted by Gasteiger charge is 2.45. The Bertz CT molecular complexity index is 315. The zero-order valence-corrected chi connectivity index (χ0v) is 8.20. The monoisotopic (exact) mass is 213 g/mol. The van der Waals surface area contributed by atoms with Gasteiger partial charge in [0.15, 0.2) is 6.29 Å². The molecule has 2 heterocycles. The molecule has 2 saturated heterocycles. The van der Waals surface area contributed by atoms with Gasteiger partial charge in [-0.1, -0.05) is 5.11 Å². The molecule has 2 unspecified atom stereocenters. The molecule has 0 aliphatic carbocycles. The van der Waals surface area contributed by atoms with Gasteiger partial charge >= 0.3 is 5.97 Å². The Labute approximate surface area is 85.9 Å². The molecular formula is C8H11N3O4. The first-order chi connectivity index (χ1) is 7.20. The lowest BCUT2D eigenvalue weighted by Crippen LogP contribution is -2.44. The molecule has 15 heavy (non-hydrogen) atoms. The number of esters is 1. The predicted molar refractivity (Wildman–Crippen MR) is 47.7 cm³/mol. The van der Waals surface area contributed by atoms with Gasteiger partial charge in [-0.25, -0.2) is 0 Å². The van der Waals surface area contributed by atoms with Crippen LogP contribution >= 0.6 is 0 Å². The standard InChI is InChI=1S/C8H11N3O4/c1-4(12)14-6-2-5-3-13-8(15-5)7(6)10-11-9/h5-8H,2-3H2,1H3/t5-,6?,7-,8?/m0/s1. The van der Waals surface area contributed by atoms with E-state index in [2.05, 4.69) is 10.0 Å². The normalized spacial score (nSPS) is 38.2. The number of hydrogen-bond acceptors (Lipinski definition) is 5. The van der Waals surface area contributed by atoms with E-state index < -0.39 is 18.4 Å². The SMILES string of the molecule is CC(=O)OC1C[C@H]2COC(O2)[C@H]1N=[N+]=[N-]. The van der Waals surface area contributed by atoms with Gasteiger partial charge in [-0.3, -0.25) is 4.79 Å². The summed E-state index contributed by atoms with van der Waals surface area (Å²) in [6.07, 6.45) is -0.571. The molecular weight excluding hydrogens is 202 g/mol. The van der Waals surface area contributed by atoms with E-state index in [1.807, 2.05) is 0 Å². The molecule has 4 atom stereocenters. The summed E-state index contributed by atoms with van der Waals surface area (Å²) in [5.74, 6) is -0.389. The average molecular weight is 213 g/mol. The summed E-state index contributed by atoms with van der Waals surface area (Å²) in [6.45, 7) is 1.78. The van der Waals surface area contributed by atoms with E-state index in [1.165, 1.54) is 6.92 Å². The highest BCUT2D eigenvalue weighted by atomic mass is 16.7. The van der Waals surface area contributed by atoms with Crippen molar-refractivity contribution in [3.63, 3.8) is 0 Å². The third kappa shape index (κ3) is 2.04. The summed E-state index contributed by atoms with van der Waals surface area (Å²) in [5.41, 5.74) is 8.40. The first kappa shape index (κ1) is 10.2. The van der Waals surface area contributed by atoms with E-state index in [-0.39, 0.29) is 12.1 Å². The Hall–Kier alpha value is -1.30. The Kier molecular flexibility index (Phi) is 2.77. The minimum Gasteiger partial charge on any atom is -0.462 e. The Morgan fingerprint density at radius 1 is 1.67 bits per heavy atom. The minimum atomic E-state index is -0.586. The van der Waals surface area contributed by atoms with Crippen LogP contribution < -0.4 is 0 Å². The van der Waals surface area contributed by atoms with E-state index >= 15 is 0 Å². The van der Waals surface area contributed by atoms with Crippen LogP contribution in [0.15, 0.2) is 5.11 Å². The van der Waals surface area contributed by atoms with Crippen LogP contribution in [0.25, 0.3) is 10.4 Å². The molecule has 0 aromatic heterocycles. The zero-order valence-electron chi connectivity index (χ0n) is 8.20. The molecule has 0 spiro atoms. The molecule has 7 nitrogen and oxygen atoms in total. The third-order valence-electron chi connectivity index (χ3n) is 2.43. The van der Waals surface area contributed by atoms with Gasteiger partial charge in [0.05, 0.1) is 12.7 Å². The summed E-state index contributed by atoms with van der Waals surface area (Å²) in [5, 5.41) is 3.55. The molecule has 0 saturated carbocycles. The van der Waals surface area contributed by atoms with Crippen LogP contribution in [0.3, 0.4) is 0 Å². The topological polar surface area (TPSA) is 93.5 Å². The first-order valence-corrected chi connectivity index (χ1v) is 4.69. The van der Waals surface area contributed by atoms with Gasteiger partial charge < -0.3 is 14.2 Å². The molecule has 2 bridgehead atoms. The van der Waals surface area contributed by atoms with Crippen molar-refractivity contribution in [3.8, 4) is 0 Å². The Morgan fingerprint density at radius 2 is 2.47 bits per heavy atom. The fourth-order valence-electron chi connectivity index (χ4n) is 1.87. The summed E-state index contributed by atoms with van der Waals surface area (Å²) in [7, 11) is 0. The van der Waals surface area contributed by atoms with Crippen LogP contribution in [-0.4, -0.2) is 37.1 Å². The van der Waals surface area contributed by atoms with Crippen molar-refractivity contribution in [2.75, 3.05) is 6.61 Å². The zero-order chi connectivity index (χ0) is 10.8. The van der Waals surface area contributed by atoms with Gasteiger partial charge in [-0.2, -0.15) is 0 Å². The molecule has 0 amide bonds. The maximum absolute atomic E-state index is 10.9. The maximum atomic E-state index is 10.9. The van der Waals surface area contributed by atoms with Gasteiger partial charge in [0.25, 0.3) is 0 Å². The van der Waals surface area contributed by atoms with Crippen LogP contribution in [0, 0.1) is 0 Å². The molecule has 7 heteroatoms. The van der Waals surface area contributed by atoms with Crippen molar-refractivity contribution >= 4 is 5.97 Å². The maximum Gasteiger partial charge on any atom is 0.302 e. The van der Waals surface area contributed by atoms with Crippen molar-refractivity contribution < 1.29 is 19.0 Å². The molecule has 0 aromatic carbocycles. The second kappa shape index (κ2) is 4.06. The second-order valence-corrected chi connectivity index (χ2v) is 3.54. The summed E-state index contributed by atoms with van der Waals surface area (Å²) in [6, 6.07) is -0.586.